The van der Waals surface area contributed by atoms with Crippen molar-refractivity contribution in [1.29, 1.82) is 10.5 Å². The van der Waals surface area contributed by atoms with E-state index in [9.17, 15) is 53.2 Å². The van der Waals surface area contributed by atoms with Gasteiger partial charge in [-0.15, -0.1) is 0 Å². The predicted octanol–water partition coefficient (Wildman–Crippen LogP) is 3.05. The number of benzene rings is 1. The summed E-state index contributed by atoms with van der Waals surface area (Å²) in [7, 11) is -5.29. The van der Waals surface area contributed by atoms with E-state index in [0.717, 1.165) is 5.56 Å². The number of aliphatic hydroxyl groups is 2. The normalized spacial score (nSPS) is 32.2. The van der Waals surface area contributed by atoms with Crippen molar-refractivity contribution in [2.45, 2.75) is 182 Å². The van der Waals surface area contributed by atoms with Crippen molar-refractivity contribution in [2.24, 2.45) is 94.7 Å². The van der Waals surface area contributed by atoms with E-state index in [-0.39, 0.29) is 100 Å². The molecular weight excluding hydrogens is 1260 g/mol. The number of primary amides is 6. The SMILES string of the molecule is C/C1=C2N=C(/C=C3N=C(/C(C)=C4\[N-]C(C(CC(N)=O)C4(C)CCC(=O)NCC(C)OP(=O)([O-])OC4C(CO)OC(Oc5ccc(C)cc5)C4O)C4N=C1C(CCC(N)=O)C4(C)CC(N)=O)C(CCC(N)=O)C\3(C)C)C(CCC(N)=O)C/2(C)CCC(N)=O.[C-]#N.[C-]#N.[Co+3]. The van der Waals surface area contributed by atoms with Gasteiger partial charge in [0.15, 0.2) is 0 Å². The van der Waals surface area contributed by atoms with Gasteiger partial charge in [0.05, 0.1) is 18.4 Å². The van der Waals surface area contributed by atoms with E-state index >= 15 is 0 Å². The molecule has 1 aromatic rings. The van der Waals surface area contributed by atoms with E-state index in [2.05, 4.69) is 5.32 Å². The monoisotopic (exact) mass is 1340 g/mol. The summed E-state index contributed by atoms with van der Waals surface area (Å²) in [4.78, 5) is 122. The number of carbonyl (C=O) groups is 7. The van der Waals surface area contributed by atoms with Gasteiger partial charge in [0.1, 0.15) is 24.1 Å². The first kappa shape index (κ1) is 77.3. The summed E-state index contributed by atoms with van der Waals surface area (Å²) in [5.41, 5.74) is 36.4. The maximum absolute atomic E-state index is 14.2. The molecule has 0 radical (unpaired) electrons. The molecule has 6 aliphatic rings. The third-order valence-electron chi connectivity index (χ3n) is 18.9. The number of amides is 7. The molecule has 2 fully saturated rings. The van der Waals surface area contributed by atoms with Gasteiger partial charge in [0.2, 0.25) is 47.6 Å². The summed E-state index contributed by atoms with van der Waals surface area (Å²) in [6.07, 6.45) is -5.87. The van der Waals surface area contributed by atoms with Crippen molar-refractivity contribution in [1.82, 2.24) is 5.32 Å². The molecule has 0 spiro atoms. The number of hydrogen-bond donors (Lipinski definition) is 9. The van der Waals surface area contributed by atoms with E-state index in [4.69, 9.17) is 96.9 Å². The number of aliphatic imine (C=N–C) groups is 3. The molecule has 28 nitrogen and oxygen atoms in total. The van der Waals surface area contributed by atoms with Gasteiger partial charge in [0, 0.05) is 114 Å². The second kappa shape index (κ2) is 31.6. The fraction of sp³-hybridized carbons (Fsp3) is 0.613. The van der Waals surface area contributed by atoms with Crippen LogP contribution < -0.4 is 49.3 Å². The largest absolute Gasteiger partial charge is 3.00 e. The Morgan fingerprint density at radius 2 is 1.33 bits per heavy atom. The summed E-state index contributed by atoms with van der Waals surface area (Å²) in [5, 5.41) is 41.9. The molecule has 8 bridgehead atoms. The van der Waals surface area contributed by atoms with Crippen molar-refractivity contribution >= 4 is 66.3 Å². The van der Waals surface area contributed by atoms with E-state index in [0.29, 0.717) is 51.1 Å². The number of carbonyl (C=O) groups excluding carboxylic acids is 7. The van der Waals surface area contributed by atoms with Crippen LogP contribution in [0.5, 0.6) is 5.75 Å². The smallest absolute Gasteiger partial charge is 0.756 e. The van der Waals surface area contributed by atoms with Crippen LogP contribution in [0.15, 0.2) is 73.6 Å². The molecule has 15 unspecified atom stereocenters. The van der Waals surface area contributed by atoms with E-state index in [1.54, 1.807) is 24.3 Å². The van der Waals surface area contributed by atoms with Crippen molar-refractivity contribution in [3.8, 4) is 5.75 Å². The molecule has 7 amide bonds. The third-order valence-corrected chi connectivity index (χ3v) is 20.0. The fourth-order valence-corrected chi connectivity index (χ4v) is 15.3. The first-order valence-corrected chi connectivity index (χ1v) is 31.4. The minimum atomic E-state index is -5.29. The quantitative estimate of drug-likeness (QED) is 0.0430. The van der Waals surface area contributed by atoms with Gasteiger partial charge in [0.25, 0.3) is 7.82 Å². The summed E-state index contributed by atoms with van der Waals surface area (Å²) < 4.78 is 35.3. The van der Waals surface area contributed by atoms with Crippen LogP contribution in [-0.2, 0) is 68.7 Å². The standard InChI is InChI=1S/C60H88N11O15P.2CN.Co/c1-29-10-12-33(13-11-29)83-56-51(80)52(39(28-72)84-56)86-87(81,82)85-30(2)27-67-47(79)21-23-59(8)37(24-45(65)77)50-55-60(9,26-46(66)78)36(16-19-43(63)75)49(70-55)32(4)53-58(7,22-20-44(64)76)34(14-17-41(61)73)38(68-53)25-40-57(5,6)35(15-18-42(62)74)48(69-40)31(3)54(59)71-50;2*1-2;/h10-13,25,30,34-37,39,50-52,55-56,72,80H,14-24,26-28H2,1-9H3,(H15,61,62,63,64,65,66,67,68,69,70,71,73,74,75,76,77,78,79,81,82);;;/q;2*-1;+3/p-2. The molecular formula is C62H86CoN13O15P-. The average Bonchev–Trinajstić information content (AvgIpc) is 1.55. The third kappa shape index (κ3) is 17.1. The first-order chi connectivity index (χ1) is 42.6. The Labute approximate surface area is 546 Å². The van der Waals surface area contributed by atoms with Gasteiger partial charge in [-0.25, -0.2) is 0 Å². The van der Waals surface area contributed by atoms with Gasteiger partial charge in [-0.1, -0.05) is 58.4 Å². The minimum Gasteiger partial charge on any atom is -0.756 e. The number of nitrogens with two attached hydrogens (primary N) is 6. The van der Waals surface area contributed by atoms with Gasteiger partial charge in [-0.2, -0.15) is 5.70 Å². The number of phosphoric ester groups is 1. The van der Waals surface area contributed by atoms with E-state index in [1.165, 1.54) is 6.92 Å². The zero-order chi connectivity index (χ0) is 68.5. The van der Waals surface area contributed by atoms with Gasteiger partial charge in [-0.05, 0) is 100 Å². The number of hydrogen-bond acceptors (Lipinski definition) is 20. The molecule has 30 heteroatoms. The second-order valence-corrected chi connectivity index (χ2v) is 26.9. The molecule has 0 aromatic heterocycles. The minimum absolute atomic E-state index is 0. The number of aliphatic hydroxyl groups excluding tert-OH is 2. The number of fused-ring (bicyclic) bond motifs is 6. The Hall–Kier alpha value is -7.18. The number of nitrogens with one attached hydrogen (secondary N) is 1. The van der Waals surface area contributed by atoms with Crippen LogP contribution in [0.3, 0.4) is 0 Å². The molecule has 6 heterocycles. The average molecular weight is 1340 g/mol. The number of ether oxygens (including phenoxy) is 2. The molecule has 0 aliphatic carbocycles. The molecule has 0 saturated carbocycles. The molecule has 15 atom stereocenters. The molecule has 7 rings (SSSR count). The van der Waals surface area contributed by atoms with Gasteiger partial charge < -0.3 is 102 Å². The van der Waals surface area contributed by atoms with Crippen LogP contribution in [0.2, 0.25) is 0 Å². The predicted molar refractivity (Wildman–Crippen MR) is 329 cm³/mol. The number of aryl methyl sites for hydroxylation is 1. The van der Waals surface area contributed by atoms with Crippen LogP contribution in [0, 0.1) is 75.9 Å². The van der Waals surface area contributed by atoms with Crippen LogP contribution >= 0.6 is 7.82 Å². The number of rotatable bonds is 28. The van der Waals surface area contributed by atoms with Gasteiger partial charge >= 0.3 is 16.8 Å². The van der Waals surface area contributed by atoms with Gasteiger partial charge in [-0.3, -0.25) is 53.1 Å². The molecule has 15 N–H and O–H groups in total. The number of phosphoric acid groups is 1. The van der Waals surface area contributed by atoms with Crippen LogP contribution in [0.1, 0.15) is 138 Å². The number of nitrogens with zero attached hydrogens (tertiary/aromatic N) is 6. The van der Waals surface area contributed by atoms with Crippen LogP contribution in [0.25, 0.3) is 5.32 Å². The van der Waals surface area contributed by atoms with Crippen molar-refractivity contribution < 1.29 is 88.5 Å². The van der Waals surface area contributed by atoms with Crippen LogP contribution in [0.4, 0.5) is 0 Å². The summed E-state index contributed by atoms with van der Waals surface area (Å²) in [6.45, 7) is 24.8. The molecule has 504 valence electrons. The van der Waals surface area contributed by atoms with Crippen molar-refractivity contribution in [3.05, 3.63) is 82.6 Å². The maximum Gasteiger partial charge on any atom is 3.00 e. The summed E-state index contributed by atoms with van der Waals surface area (Å²) in [6, 6.07) is 4.79. The summed E-state index contributed by atoms with van der Waals surface area (Å²) in [5.74, 6) is -6.68. The zero-order valence-corrected chi connectivity index (χ0v) is 55.2. The molecule has 6 aliphatic heterocycles. The molecule has 1 aromatic carbocycles. The number of allylic oxidation sites excluding steroid dienone is 6. The summed E-state index contributed by atoms with van der Waals surface area (Å²) >= 11 is 0. The maximum atomic E-state index is 14.2. The first-order valence-electron chi connectivity index (χ1n) is 29.9. The second-order valence-electron chi connectivity index (χ2n) is 25.6. The Morgan fingerprint density at radius 1 is 0.772 bits per heavy atom. The van der Waals surface area contributed by atoms with Crippen molar-refractivity contribution in [3.63, 3.8) is 0 Å². The van der Waals surface area contributed by atoms with E-state index < -0.39 is 144 Å². The Kier molecular flexibility index (Phi) is 26.6. The molecule has 92 heavy (non-hydrogen) atoms. The molecule has 2 saturated heterocycles. The zero-order valence-electron chi connectivity index (χ0n) is 53.3. The van der Waals surface area contributed by atoms with Crippen molar-refractivity contribution in [2.75, 3.05) is 13.2 Å². The Balaban J connectivity index is 0.00000354. The Bertz CT molecular complexity index is 3250. The van der Waals surface area contributed by atoms with E-state index in [1.807, 2.05) is 61.5 Å². The van der Waals surface area contributed by atoms with Crippen LogP contribution in [-0.4, -0.2) is 125 Å². The topological polar surface area (TPSA) is 504 Å². The Morgan fingerprint density at radius 3 is 1.87 bits per heavy atom. The fourth-order valence-electron chi connectivity index (χ4n) is 14.2.